The number of piperazine rings is 1. The number of halogens is 2. The second-order valence-corrected chi connectivity index (χ2v) is 6.49. The van der Waals surface area contributed by atoms with E-state index in [4.69, 9.17) is 0 Å². The molecule has 0 aliphatic carbocycles. The van der Waals surface area contributed by atoms with Crippen molar-refractivity contribution in [3.63, 3.8) is 0 Å². The van der Waals surface area contributed by atoms with Crippen molar-refractivity contribution in [2.75, 3.05) is 32.7 Å². The molecule has 0 saturated carbocycles. The summed E-state index contributed by atoms with van der Waals surface area (Å²) < 4.78 is 28.7. The van der Waals surface area contributed by atoms with Crippen LogP contribution in [0.4, 0.5) is 8.78 Å². The fraction of sp³-hybridized carbons (Fsp3) is 0.400. The Hall–Kier alpha value is -1.78. The molecule has 2 aromatic carbocycles. The zero-order valence-corrected chi connectivity index (χ0v) is 14.0. The van der Waals surface area contributed by atoms with E-state index in [1.54, 1.807) is 12.1 Å². The van der Waals surface area contributed by atoms with E-state index in [2.05, 4.69) is 10.2 Å². The molecule has 1 N–H and O–H groups in total. The summed E-state index contributed by atoms with van der Waals surface area (Å²) in [5.41, 5.74) is 1.33. The molecule has 4 heteroatoms. The van der Waals surface area contributed by atoms with Gasteiger partial charge in [0.2, 0.25) is 0 Å². The Morgan fingerprint density at radius 3 is 2.04 bits per heavy atom. The van der Waals surface area contributed by atoms with Crippen LogP contribution in [0, 0.1) is 11.6 Å². The van der Waals surface area contributed by atoms with Gasteiger partial charge >= 0.3 is 0 Å². The van der Waals surface area contributed by atoms with E-state index >= 15 is 0 Å². The Kier molecular flexibility index (Phi) is 5.59. The van der Waals surface area contributed by atoms with Crippen molar-refractivity contribution in [1.82, 2.24) is 10.2 Å². The first-order valence-electron chi connectivity index (χ1n) is 8.58. The lowest BCUT2D eigenvalue weighted by Gasteiger charge is -2.34. The summed E-state index contributed by atoms with van der Waals surface area (Å²) in [6, 6.07) is 13.7. The molecule has 1 saturated heterocycles. The maximum absolute atomic E-state index is 14.4. The quantitative estimate of drug-likeness (QED) is 0.898. The van der Waals surface area contributed by atoms with Crippen molar-refractivity contribution in [2.24, 2.45) is 0 Å². The van der Waals surface area contributed by atoms with Gasteiger partial charge < -0.3 is 10.2 Å². The largest absolute Gasteiger partial charge is 0.314 e. The Morgan fingerprint density at radius 1 is 0.917 bits per heavy atom. The van der Waals surface area contributed by atoms with E-state index in [1.807, 2.05) is 31.2 Å². The van der Waals surface area contributed by atoms with Gasteiger partial charge in [-0.2, -0.15) is 0 Å². The van der Waals surface area contributed by atoms with Crippen LogP contribution in [0.5, 0.6) is 0 Å². The van der Waals surface area contributed by atoms with Crippen LogP contribution in [0.25, 0.3) is 0 Å². The highest BCUT2D eigenvalue weighted by Gasteiger charge is 2.27. The van der Waals surface area contributed by atoms with Crippen molar-refractivity contribution in [1.29, 1.82) is 0 Å². The molecule has 24 heavy (non-hydrogen) atoms. The Balaban J connectivity index is 1.92. The monoisotopic (exact) mass is 330 g/mol. The predicted octanol–water partition coefficient (Wildman–Crippen LogP) is 3.76. The third-order valence-electron chi connectivity index (χ3n) is 4.97. The Labute approximate surface area is 142 Å². The predicted molar refractivity (Wildman–Crippen MR) is 93.3 cm³/mol. The molecule has 1 fully saturated rings. The van der Waals surface area contributed by atoms with Crippen molar-refractivity contribution in [2.45, 2.75) is 18.8 Å². The lowest BCUT2D eigenvalue weighted by Crippen LogP contribution is -2.45. The van der Waals surface area contributed by atoms with Gasteiger partial charge in [-0.25, -0.2) is 8.78 Å². The molecule has 2 aromatic rings. The van der Waals surface area contributed by atoms with Crippen molar-refractivity contribution >= 4 is 0 Å². The minimum Gasteiger partial charge on any atom is -0.314 e. The summed E-state index contributed by atoms with van der Waals surface area (Å²) in [7, 11) is 0. The van der Waals surface area contributed by atoms with Gasteiger partial charge in [0, 0.05) is 38.6 Å². The second kappa shape index (κ2) is 7.86. The van der Waals surface area contributed by atoms with Gasteiger partial charge in [-0.3, -0.25) is 0 Å². The molecule has 128 valence electrons. The van der Waals surface area contributed by atoms with E-state index in [0.29, 0.717) is 11.1 Å². The Bertz CT molecular complexity index is 668. The first-order chi connectivity index (χ1) is 11.7. The molecule has 1 aliphatic rings. The van der Waals surface area contributed by atoms with Crippen LogP contribution < -0.4 is 5.32 Å². The van der Waals surface area contributed by atoms with E-state index in [1.165, 1.54) is 12.1 Å². The smallest absolute Gasteiger partial charge is 0.126 e. The maximum Gasteiger partial charge on any atom is 0.126 e. The summed E-state index contributed by atoms with van der Waals surface area (Å²) >= 11 is 0. The van der Waals surface area contributed by atoms with Crippen molar-refractivity contribution < 1.29 is 8.78 Å². The minimum absolute atomic E-state index is 0.0822. The van der Waals surface area contributed by atoms with Crippen molar-refractivity contribution in [3.05, 3.63) is 71.3 Å². The van der Waals surface area contributed by atoms with Gasteiger partial charge in [0.1, 0.15) is 11.6 Å². The third-order valence-corrected chi connectivity index (χ3v) is 4.97. The molecule has 0 amide bonds. The molecule has 0 radical (unpaired) electrons. The molecular formula is C20H24F2N2. The van der Waals surface area contributed by atoms with Gasteiger partial charge in [-0.15, -0.1) is 0 Å². The molecule has 2 unspecified atom stereocenters. The van der Waals surface area contributed by atoms with Crippen LogP contribution >= 0.6 is 0 Å². The summed E-state index contributed by atoms with van der Waals surface area (Å²) in [5, 5.41) is 3.33. The van der Waals surface area contributed by atoms with Crippen molar-refractivity contribution in [3.8, 4) is 0 Å². The SMILES string of the molecule is CC(c1ccccc1F)C(CN1CCNCC1)c1ccccc1F. The van der Waals surface area contributed by atoms with E-state index < -0.39 is 0 Å². The van der Waals surface area contributed by atoms with Gasteiger partial charge in [-0.05, 0) is 29.2 Å². The molecular weight excluding hydrogens is 306 g/mol. The number of nitrogens with one attached hydrogen (secondary N) is 1. The summed E-state index contributed by atoms with van der Waals surface area (Å²) in [5.74, 6) is -0.605. The van der Waals surface area contributed by atoms with Gasteiger partial charge in [0.15, 0.2) is 0 Å². The third kappa shape index (κ3) is 3.82. The van der Waals surface area contributed by atoms with Crippen LogP contribution in [-0.2, 0) is 0 Å². The molecule has 2 atom stereocenters. The van der Waals surface area contributed by atoms with E-state index in [-0.39, 0.29) is 23.5 Å². The molecule has 1 heterocycles. The van der Waals surface area contributed by atoms with Gasteiger partial charge in [0.25, 0.3) is 0 Å². The number of hydrogen-bond acceptors (Lipinski definition) is 2. The molecule has 2 nitrogen and oxygen atoms in total. The standard InChI is InChI=1S/C20H24F2N2/c1-15(16-6-2-4-8-19(16)21)18(14-24-12-10-23-11-13-24)17-7-3-5-9-20(17)22/h2-9,15,18,23H,10-14H2,1H3. The molecule has 1 aliphatic heterocycles. The zero-order valence-electron chi connectivity index (χ0n) is 14.0. The number of nitrogens with zero attached hydrogens (tertiary/aromatic N) is 1. The number of hydrogen-bond donors (Lipinski definition) is 1. The first kappa shape index (κ1) is 17.1. The average molecular weight is 330 g/mol. The van der Waals surface area contributed by atoms with Crippen LogP contribution in [0.2, 0.25) is 0 Å². The van der Waals surface area contributed by atoms with Gasteiger partial charge in [-0.1, -0.05) is 43.3 Å². The van der Waals surface area contributed by atoms with Crippen LogP contribution in [0.3, 0.4) is 0 Å². The fourth-order valence-electron chi connectivity index (χ4n) is 3.53. The molecule has 0 spiro atoms. The normalized spacial score (nSPS) is 18.3. The highest BCUT2D eigenvalue weighted by atomic mass is 19.1. The number of benzene rings is 2. The molecule has 3 rings (SSSR count). The summed E-state index contributed by atoms with van der Waals surface area (Å²) in [4.78, 5) is 2.34. The second-order valence-electron chi connectivity index (χ2n) is 6.49. The first-order valence-corrected chi connectivity index (χ1v) is 8.58. The fourth-order valence-corrected chi connectivity index (χ4v) is 3.53. The summed E-state index contributed by atoms with van der Waals surface area (Å²) in [6.45, 7) is 6.50. The van der Waals surface area contributed by atoms with Crippen LogP contribution in [0.15, 0.2) is 48.5 Å². The molecule has 0 aromatic heterocycles. The maximum atomic E-state index is 14.4. The van der Waals surface area contributed by atoms with Gasteiger partial charge in [0.05, 0.1) is 0 Å². The van der Waals surface area contributed by atoms with Crippen LogP contribution in [0.1, 0.15) is 29.9 Å². The highest BCUT2D eigenvalue weighted by Crippen LogP contribution is 2.35. The van der Waals surface area contributed by atoms with Crippen LogP contribution in [-0.4, -0.2) is 37.6 Å². The lowest BCUT2D eigenvalue weighted by molar-refractivity contribution is 0.217. The van der Waals surface area contributed by atoms with E-state index in [0.717, 1.165) is 32.7 Å². The number of rotatable bonds is 5. The zero-order chi connectivity index (χ0) is 16.9. The summed E-state index contributed by atoms with van der Waals surface area (Å²) in [6.07, 6.45) is 0. The Morgan fingerprint density at radius 2 is 1.46 bits per heavy atom. The highest BCUT2D eigenvalue weighted by molar-refractivity contribution is 5.30. The molecule has 0 bridgehead atoms. The topological polar surface area (TPSA) is 15.3 Å². The average Bonchev–Trinajstić information content (AvgIpc) is 2.61. The lowest BCUT2D eigenvalue weighted by atomic mass is 9.81. The van der Waals surface area contributed by atoms with E-state index in [9.17, 15) is 8.78 Å². The minimum atomic E-state index is -0.216.